The average Bonchev–Trinajstić information content (AvgIpc) is 2.21. The SMILES string of the molecule is COCCN(C)C(=O)C(N)CCSC. The van der Waals surface area contributed by atoms with Crippen LogP contribution in [0.3, 0.4) is 0 Å². The van der Waals surface area contributed by atoms with Gasteiger partial charge >= 0.3 is 0 Å². The number of thioether (sulfide) groups is 1. The smallest absolute Gasteiger partial charge is 0.239 e. The highest BCUT2D eigenvalue weighted by Gasteiger charge is 2.16. The highest BCUT2D eigenvalue weighted by Crippen LogP contribution is 2.01. The summed E-state index contributed by atoms with van der Waals surface area (Å²) in [4.78, 5) is 13.2. The van der Waals surface area contributed by atoms with E-state index in [9.17, 15) is 4.79 Å². The normalized spacial score (nSPS) is 12.6. The van der Waals surface area contributed by atoms with E-state index in [2.05, 4.69) is 0 Å². The van der Waals surface area contributed by atoms with Gasteiger partial charge in [0.25, 0.3) is 0 Å². The Bertz CT molecular complexity index is 151. The van der Waals surface area contributed by atoms with E-state index in [4.69, 9.17) is 10.5 Å². The Morgan fingerprint density at radius 2 is 2.29 bits per heavy atom. The summed E-state index contributed by atoms with van der Waals surface area (Å²) in [5.41, 5.74) is 5.73. The van der Waals surface area contributed by atoms with Crippen LogP contribution in [0.2, 0.25) is 0 Å². The van der Waals surface area contributed by atoms with Gasteiger partial charge in [0.15, 0.2) is 0 Å². The van der Waals surface area contributed by atoms with Crippen molar-refractivity contribution in [2.45, 2.75) is 12.5 Å². The van der Waals surface area contributed by atoms with Crippen molar-refractivity contribution in [3.05, 3.63) is 0 Å². The molecule has 0 radical (unpaired) electrons. The summed E-state index contributed by atoms with van der Waals surface area (Å²) in [6.07, 6.45) is 2.74. The van der Waals surface area contributed by atoms with Crippen LogP contribution in [0.4, 0.5) is 0 Å². The zero-order valence-corrected chi connectivity index (χ0v) is 9.97. The number of nitrogens with two attached hydrogens (primary N) is 1. The third kappa shape index (κ3) is 5.47. The number of carbonyl (C=O) groups is 1. The van der Waals surface area contributed by atoms with Gasteiger partial charge in [-0.05, 0) is 18.4 Å². The largest absolute Gasteiger partial charge is 0.383 e. The van der Waals surface area contributed by atoms with Crippen LogP contribution in [0.25, 0.3) is 0 Å². The average molecular weight is 220 g/mol. The van der Waals surface area contributed by atoms with Crippen molar-refractivity contribution in [3.63, 3.8) is 0 Å². The van der Waals surface area contributed by atoms with Crippen LogP contribution in [0.1, 0.15) is 6.42 Å². The van der Waals surface area contributed by atoms with Crippen LogP contribution < -0.4 is 5.73 Å². The third-order valence-electron chi connectivity index (χ3n) is 1.96. The molecule has 84 valence electrons. The number of nitrogens with zero attached hydrogens (tertiary/aromatic N) is 1. The molecule has 1 amide bonds. The number of ether oxygens (including phenoxy) is 1. The zero-order chi connectivity index (χ0) is 11.0. The van der Waals surface area contributed by atoms with Gasteiger partial charge in [-0.1, -0.05) is 0 Å². The van der Waals surface area contributed by atoms with E-state index in [0.717, 1.165) is 12.2 Å². The monoisotopic (exact) mass is 220 g/mol. The summed E-state index contributed by atoms with van der Waals surface area (Å²) < 4.78 is 4.88. The van der Waals surface area contributed by atoms with Crippen LogP contribution >= 0.6 is 11.8 Å². The molecule has 0 aromatic heterocycles. The molecule has 0 fully saturated rings. The molecule has 0 saturated carbocycles. The maximum atomic E-state index is 11.6. The van der Waals surface area contributed by atoms with E-state index in [-0.39, 0.29) is 11.9 Å². The minimum absolute atomic E-state index is 0.00361. The Labute approximate surface area is 90.2 Å². The molecule has 1 atom stereocenters. The van der Waals surface area contributed by atoms with Crippen molar-refractivity contribution in [3.8, 4) is 0 Å². The van der Waals surface area contributed by atoms with E-state index in [0.29, 0.717) is 13.2 Å². The van der Waals surface area contributed by atoms with Crippen molar-refractivity contribution in [1.29, 1.82) is 0 Å². The van der Waals surface area contributed by atoms with E-state index in [1.807, 2.05) is 6.26 Å². The van der Waals surface area contributed by atoms with Crippen LogP contribution in [0.15, 0.2) is 0 Å². The van der Waals surface area contributed by atoms with Crippen molar-refractivity contribution in [2.24, 2.45) is 5.73 Å². The van der Waals surface area contributed by atoms with Crippen molar-refractivity contribution < 1.29 is 9.53 Å². The van der Waals surface area contributed by atoms with Gasteiger partial charge in [0.1, 0.15) is 0 Å². The van der Waals surface area contributed by atoms with Gasteiger partial charge in [-0.25, -0.2) is 0 Å². The number of hydrogen-bond acceptors (Lipinski definition) is 4. The van der Waals surface area contributed by atoms with Crippen molar-refractivity contribution in [2.75, 3.05) is 39.3 Å². The van der Waals surface area contributed by atoms with E-state index < -0.39 is 0 Å². The third-order valence-corrected chi connectivity index (χ3v) is 2.60. The topological polar surface area (TPSA) is 55.6 Å². The Kier molecular flexibility index (Phi) is 7.93. The second-order valence-electron chi connectivity index (χ2n) is 3.14. The van der Waals surface area contributed by atoms with Crippen LogP contribution in [0, 0.1) is 0 Å². The molecule has 5 heteroatoms. The number of rotatable bonds is 7. The molecule has 0 aromatic carbocycles. The molecule has 0 aliphatic heterocycles. The Balaban J connectivity index is 3.78. The van der Waals surface area contributed by atoms with Gasteiger partial charge < -0.3 is 15.4 Å². The molecule has 0 heterocycles. The van der Waals surface area contributed by atoms with Crippen LogP contribution in [0.5, 0.6) is 0 Å². The first-order valence-corrected chi connectivity index (χ1v) is 6.01. The van der Waals surface area contributed by atoms with Gasteiger partial charge in [0, 0.05) is 20.7 Å². The molecular formula is C9H20N2O2S. The molecule has 0 spiro atoms. The Hall–Kier alpha value is -0.260. The maximum Gasteiger partial charge on any atom is 0.239 e. The molecule has 0 aliphatic rings. The lowest BCUT2D eigenvalue weighted by molar-refractivity contribution is -0.131. The number of methoxy groups -OCH3 is 1. The first-order chi connectivity index (χ1) is 6.63. The summed E-state index contributed by atoms with van der Waals surface area (Å²) in [7, 11) is 3.37. The highest BCUT2D eigenvalue weighted by atomic mass is 32.2. The first kappa shape index (κ1) is 13.7. The molecule has 1 unspecified atom stereocenters. The fourth-order valence-electron chi connectivity index (χ4n) is 0.990. The quantitative estimate of drug-likeness (QED) is 0.664. The lowest BCUT2D eigenvalue weighted by atomic mass is 10.2. The molecule has 0 bridgehead atoms. The van der Waals surface area contributed by atoms with Gasteiger partial charge in [0.2, 0.25) is 5.91 Å². The standard InChI is InChI=1S/C9H20N2O2S/c1-11(5-6-13-2)9(12)8(10)4-7-14-3/h8H,4-7,10H2,1-3H3. The lowest BCUT2D eigenvalue weighted by Crippen LogP contribution is -2.43. The van der Waals surface area contributed by atoms with Gasteiger partial charge in [0.05, 0.1) is 12.6 Å². The van der Waals surface area contributed by atoms with E-state index in [1.54, 1.807) is 30.8 Å². The fraction of sp³-hybridized carbons (Fsp3) is 0.889. The van der Waals surface area contributed by atoms with E-state index in [1.165, 1.54) is 0 Å². The predicted octanol–water partition coefficient (Wildman–Crippen LogP) is 0.172. The summed E-state index contributed by atoms with van der Waals surface area (Å²) in [5.74, 6) is 0.918. The predicted molar refractivity (Wildman–Crippen MR) is 60.5 cm³/mol. The summed E-state index contributed by atoms with van der Waals surface area (Å²) in [6, 6.07) is -0.371. The number of carbonyl (C=O) groups excluding carboxylic acids is 1. The maximum absolute atomic E-state index is 11.6. The van der Waals surface area contributed by atoms with Crippen molar-refractivity contribution >= 4 is 17.7 Å². The second-order valence-corrected chi connectivity index (χ2v) is 4.13. The lowest BCUT2D eigenvalue weighted by Gasteiger charge is -2.20. The molecule has 14 heavy (non-hydrogen) atoms. The summed E-state index contributed by atoms with van der Waals surface area (Å²) in [5, 5.41) is 0. The molecule has 0 aliphatic carbocycles. The van der Waals surface area contributed by atoms with Gasteiger partial charge in [-0.15, -0.1) is 0 Å². The molecule has 0 aromatic rings. The molecule has 0 rings (SSSR count). The minimum atomic E-state index is -0.371. The van der Waals surface area contributed by atoms with Crippen molar-refractivity contribution in [1.82, 2.24) is 4.90 Å². The van der Waals surface area contributed by atoms with Gasteiger partial charge in [-0.3, -0.25) is 4.79 Å². The molecule has 2 N–H and O–H groups in total. The highest BCUT2D eigenvalue weighted by molar-refractivity contribution is 7.98. The Morgan fingerprint density at radius 1 is 1.64 bits per heavy atom. The fourth-order valence-corrected chi connectivity index (χ4v) is 1.48. The number of hydrogen-bond donors (Lipinski definition) is 1. The first-order valence-electron chi connectivity index (χ1n) is 4.62. The van der Waals surface area contributed by atoms with E-state index >= 15 is 0 Å². The summed E-state index contributed by atoms with van der Waals surface area (Å²) >= 11 is 1.70. The van der Waals surface area contributed by atoms with Crippen LogP contribution in [-0.4, -0.2) is 56.2 Å². The Morgan fingerprint density at radius 3 is 2.79 bits per heavy atom. The second kappa shape index (κ2) is 8.08. The minimum Gasteiger partial charge on any atom is -0.383 e. The number of likely N-dealkylation sites (N-methyl/N-ethyl adjacent to an activating group) is 1. The van der Waals surface area contributed by atoms with Crippen LogP contribution in [-0.2, 0) is 9.53 Å². The molecule has 4 nitrogen and oxygen atoms in total. The number of amides is 1. The molecule has 0 saturated heterocycles. The summed E-state index contributed by atoms with van der Waals surface area (Å²) in [6.45, 7) is 1.15. The zero-order valence-electron chi connectivity index (χ0n) is 9.16. The van der Waals surface area contributed by atoms with Gasteiger partial charge in [-0.2, -0.15) is 11.8 Å². The molecular weight excluding hydrogens is 200 g/mol.